The molecule has 0 aliphatic heterocycles. The van der Waals surface area contributed by atoms with Crippen molar-refractivity contribution in [1.29, 1.82) is 0 Å². The van der Waals surface area contributed by atoms with Gasteiger partial charge in [-0.25, -0.2) is 0 Å². The fourth-order valence-electron chi connectivity index (χ4n) is 2.83. The van der Waals surface area contributed by atoms with Gasteiger partial charge in [0.2, 0.25) is 8.32 Å². The third-order valence-corrected chi connectivity index (χ3v) is 10.7. The van der Waals surface area contributed by atoms with Crippen molar-refractivity contribution in [2.75, 3.05) is 17.8 Å². The van der Waals surface area contributed by atoms with Gasteiger partial charge in [-0.3, -0.25) is 0 Å². The summed E-state index contributed by atoms with van der Waals surface area (Å²) in [5.74, 6) is 1.72. The summed E-state index contributed by atoms with van der Waals surface area (Å²) in [7, 11) is -1.93. The molecule has 0 radical (unpaired) electrons. The monoisotopic (exact) mass is 501 g/mol. The fraction of sp³-hybridized carbons (Fsp3) is 0.500. The molecule has 7 heteroatoms. The second-order valence-electron chi connectivity index (χ2n) is 10.3. The Hall–Kier alpha value is -1.07. The molecule has 0 aromatic heterocycles. The van der Waals surface area contributed by atoms with Crippen LogP contribution >= 0.6 is 34.8 Å². The van der Waals surface area contributed by atoms with E-state index in [-0.39, 0.29) is 10.5 Å². The van der Waals surface area contributed by atoms with Crippen LogP contribution in [0.3, 0.4) is 0 Å². The highest BCUT2D eigenvalue weighted by atomic mass is 35.5. The van der Waals surface area contributed by atoms with Crippen molar-refractivity contribution in [3.63, 3.8) is 0 Å². The zero-order chi connectivity index (χ0) is 23.6. The molecule has 0 fully saturated rings. The highest BCUT2D eigenvalue weighted by Crippen LogP contribution is 2.41. The zero-order valence-electron chi connectivity index (χ0n) is 19.8. The molecule has 0 unspecified atom stereocenters. The summed E-state index contributed by atoms with van der Waals surface area (Å²) < 4.78 is 12.1. The van der Waals surface area contributed by atoms with Crippen LogP contribution in [0.5, 0.6) is 11.5 Å². The summed E-state index contributed by atoms with van der Waals surface area (Å²) in [4.78, 5) is 0. The maximum absolute atomic E-state index is 6.54. The van der Waals surface area contributed by atoms with Crippen molar-refractivity contribution in [3.05, 3.63) is 45.9 Å². The normalized spacial score (nSPS) is 12.6. The summed E-state index contributed by atoms with van der Waals surface area (Å²) in [6.07, 6.45) is 0. The highest BCUT2D eigenvalue weighted by molar-refractivity contribution is 6.74. The zero-order valence-corrected chi connectivity index (χ0v) is 23.0. The second kappa shape index (κ2) is 9.82. The molecule has 2 rings (SSSR count). The Kier molecular flexibility index (Phi) is 8.30. The van der Waals surface area contributed by atoms with Gasteiger partial charge < -0.3 is 14.5 Å². The van der Waals surface area contributed by atoms with E-state index in [9.17, 15) is 0 Å². The molecule has 0 atom stereocenters. The third-order valence-electron chi connectivity index (χ3n) is 5.58. The number of halogens is 3. The number of alkyl halides is 1. The molecule has 1 N–H and O–H groups in total. The van der Waals surface area contributed by atoms with E-state index in [1.165, 1.54) is 0 Å². The van der Waals surface area contributed by atoms with E-state index in [0.29, 0.717) is 28.3 Å². The summed E-state index contributed by atoms with van der Waals surface area (Å²) in [6.45, 7) is 18.2. The molecule has 3 nitrogen and oxygen atoms in total. The summed E-state index contributed by atoms with van der Waals surface area (Å²) in [5.41, 5.74) is 2.83. The Morgan fingerprint density at radius 2 is 1.52 bits per heavy atom. The topological polar surface area (TPSA) is 30.5 Å². The van der Waals surface area contributed by atoms with Crippen LogP contribution in [0.1, 0.15) is 47.1 Å². The molecule has 0 saturated heterocycles. The van der Waals surface area contributed by atoms with Gasteiger partial charge in [0.15, 0.2) is 5.75 Å². The summed E-state index contributed by atoms with van der Waals surface area (Å²) >= 11 is 18.5. The largest absolute Gasteiger partial charge is 0.543 e. The number of nitrogens with one attached hydrogen (secondary N) is 1. The Morgan fingerprint density at radius 3 is 2.00 bits per heavy atom. The van der Waals surface area contributed by atoms with E-state index >= 15 is 0 Å². The van der Waals surface area contributed by atoms with Crippen LogP contribution in [0.15, 0.2) is 30.3 Å². The lowest BCUT2D eigenvalue weighted by atomic mass is 9.85. The molecule has 0 amide bonds. The standard InChI is InChI=1S/C24H34Cl3NO2Si/c1-23(2,3)18-15-17(30-31(7,8)24(4,5)6)9-10-21(18)28-16-13-19(26)22(20(27)14-16)29-12-11-25/h9-10,13-15,28H,11-12H2,1-8H3. The first kappa shape index (κ1) is 26.2. The maximum Gasteiger partial charge on any atom is 0.250 e. The minimum atomic E-state index is -1.93. The summed E-state index contributed by atoms with van der Waals surface area (Å²) in [5, 5.41) is 4.48. The van der Waals surface area contributed by atoms with Gasteiger partial charge in [0.25, 0.3) is 0 Å². The van der Waals surface area contributed by atoms with Gasteiger partial charge in [0, 0.05) is 11.4 Å². The predicted octanol–water partition coefficient (Wildman–Crippen LogP) is 9.04. The van der Waals surface area contributed by atoms with Gasteiger partial charge in [0.1, 0.15) is 12.4 Å². The van der Waals surface area contributed by atoms with E-state index in [4.69, 9.17) is 44.0 Å². The second-order valence-corrected chi connectivity index (χ2v) is 16.2. The molecule has 2 aromatic carbocycles. The van der Waals surface area contributed by atoms with Crippen molar-refractivity contribution in [2.45, 2.75) is 65.1 Å². The van der Waals surface area contributed by atoms with E-state index in [1.54, 1.807) is 0 Å². The van der Waals surface area contributed by atoms with Gasteiger partial charge in [-0.2, -0.15) is 0 Å². The molecule has 0 saturated carbocycles. The van der Waals surface area contributed by atoms with Crippen LogP contribution in [0.2, 0.25) is 28.2 Å². The third kappa shape index (κ3) is 6.71. The van der Waals surface area contributed by atoms with Crippen LogP contribution in [-0.4, -0.2) is 20.8 Å². The van der Waals surface area contributed by atoms with Crippen LogP contribution in [0, 0.1) is 0 Å². The minimum Gasteiger partial charge on any atom is -0.543 e. The van der Waals surface area contributed by atoms with Crippen molar-refractivity contribution in [1.82, 2.24) is 0 Å². The molecule has 0 spiro atoms. The van der Waals surface area contributed by atoms with Crippen molar-refractivity contribution >= 4 is 54.5 Å². The van der Waals surface area contributed by atoms with Gasteiger partial charge in [-0.15, -0.1) is 11.6 Å². The average Bonchev–Trinajstić information content (AvgIpc) is 2.60. The van der Waals surface area contributed by atoms with Crippen LogP contribution in [-0.2, 0) is 5.41 Å². The quantitative estimate of drug-likeness (QED) is 0.302. The molecule has 0 aliphatic carbocycles. The Morgan fingerprint density at radius 1 is 0.935 bits per heavy atom. The van der Waals surface area contributed by atoms with E-state index in [2.05, 4.69) is 72.1 Å². The molecule has 0 aliphatic rings. The van der Waals surface area contributed by atoms with Crippen LogP contribution in [0.25, 0.3) is 0 Å². The molecule has 172 valence electrons. The number of ether oxygens (including phenoxy) is 1. The van der Waals surface area contributed by atoms with E-state index in [1.807, 2.05) is 18.2 Å². The molecular weight excluding hydrogens is 469 g/mol. The lowest BCUT2D eigenvalue weighted by molar-refractivity contribution is 0.343. The van der Waals surface area contributed by atoms with Gasteiger partial charge in [0.05, 0.1) is 15.9 Å². The molecule has 0 heterocycles. The number of rotatable bonds is 7. The smallest absolute Gasteiger partial charge is 0.250 e. The molecular formula is C24H34Cl3NO2Si. The lowest BCUT2D eigenvalue weighted by Gasteiger charge is -2.37. The van der Waals surface area contributed by atoms with E-state index < -0.39 is 8.32 Å². The molecule has 31 heavy (non-hydrogen) atoms. The number of benzene rings is 2. The molecule has 2 aromatic rings. The number of anilines is 2. The van der Waals surface area contributed by atoms with Crippen molar-refractivity contribution in [3.8, 4) is 11.5 Å². The SMILES string of the molecule is CC(C)(C)c1cc(O[Si](C)(C)C(C)(C)C)ccc1Nc1cc(Cl)c(OCCCl)c(Cl)c1. The van der Waals surface area contributed by atoms with Crippen molar-refractivity contribution in [2.24, 2.45) is 0 Å². The van der Waals surface area contributed by atoms with E-state index in [0.717, 1.165) is 22.7 Å². The average molecular weight is 503 g/mol. The van der Waals surface area contributed by atoms with Crippen LogP contribution < -0.4 is 14.5 Å². The number of hydrogen-bond donors (Lipinski definition) is 1. The Bertz CT molecular complexity index is 895. The maximum atomic E-state index is 6.54. The number of hydrogen-bond acceptors (Lipinski definition) is 3. The molecule has 0 bridgehead atoms. The fourth-order valence-corrected chi connectivity index (χ4v) is 4.53. The van der Waals surface area contributed by atoms with Gasteiger partial charge in [-0.05, 0) is 59.4 Å². The first-order valence-corrected chi connectivity index (χ1v) is 14.6. The highest BCUT2D eigenvalue weighted by Gasteiger charge is 2.39. The van der Waals surface area contributed by atoms with Crippen LogP contribution in [0.4, 0.5) is 11.4 Å². The minimum absolute atomic E-state index is 0.0911. The summed E-state index contributed by atoms with van der Waals surface area (Å²) in [6, 6.07) is 9.85. The Balaban J connectivity index is 2.39. The Labute approximate surface area is 203 Å². The lowest BCUT2D eigenvalue weighted by Crippen LogP contribution is -2.43. The van der Waals surface area contributed by atoms with Gasteiger partial charge in [-0.1, -0.05) is 64.7 Å². The van der Waals surface area contributed by atoms with Gasteiger partial charge >= 0.3 is 0 Å². The first-order chi connectivity index (χ1) is 14.2. The van der Waals surface area contributed by atoms with Crippen molar-refractivity contribution < 1.29 is 9.16 Å². The predicted molar refractivity (Wildman–Crippen MR) is 139 cm³/mol. The first-order valence-electron chi connectivity index (χ1n) is 10.4.